The SMILES string of the molecule is CC(C)c1nc(C=O)c(N2CCOC3(CCN(Cc4ccc(F)c(C=COC(C)(C)C)c4)CC3)C2)s1. The number of carbonyl (C=O) groups is 1. The molecule has 8 heteroatoms. The van der Waals surface area contributed by atoms with E-state index < -0.39 is 0 Å². The fourth-order valence-electron chi connectivity index (χ4n) is 4.72. The van der Waals surface area contributed by atoms with Gasteiger partial charge in [0.05, 0.1) is 29.1 Å². The maximum absolute atomic E-state index is 14.3. The van der Waals surface area contributed by atoms with E-state index >= 15 is 0 Å². The highest BCUT2D eigenvalue weighted by atomic mass is 32.1. The minimum Gasteiger partial charge on any atom is -0.496 e. The van der Waals surface area contributed by atoms with Gasteiger partial charge < -0.3 is 14.4 Å². The number of hydrogen-bond acceptors (Lipinski definition) is 7. The molecule has 0 radical (unpaired) electrons. The van der Waals surface area contributed by atoms with Gasteiger partial charge in [0, 0.05) is 44.2 Å². The quantitative estimate of drug-likeness (QED) is 0.339. The number of aldehydes is 1. The summed E-state index contributed by atoms with van der Waals surface area (Å²) in [5, 5.41) is 1.97. The van der Waals surface area contributed by atoms with E-state index in [0.29, 0.717) is 23.8 Å². The zero-order chi connectivity index (χ0) is 25.9. The topological polar surface area (TPSA) is 54.9 Å². The van der Waals surface area contributed by atoms with Crippen LogP contribution in [0.4, 0.5) is 9.39 Å². The number of carbonyl (C=O) groups excluding carboxylic acids is 1. The first kappa shape index (κ1) is 26.8. The molecular weight excluding hydrogens is 477 g/mol. The number of anilines is 1. The Hall–Kier alpha value is -2.29. The van der Waals surface area contributed by atoms with Crippen LogP contribution in [0.15, 0.2) is 24.5 Å². The number of hydrogen-bond donors (Lipinski definition) is 0. The van der Waals surface area contributed by atoms with Gasteiger partial charge in [-0.25, -0.2) is 9.37 Å². The number of halogens is 1. The molecule has 196 valence electrons. The van der Waals surface area contributed by atoms with Crippen molar-refractivity contribution in [1.29, 1.82) is 0 Å². The Bertz CT molecular complexity index is 1080. The lowest BCUT2D eigenvalue weighted by atomic mass is 9.89. The first-order chi connectivity index (χ1) is 17.1. The molecule has 0 saturated carbocycles. The second kappa shape index (κ2) is 11.0. The molecule has 0 N–H and O–H groups in total. The number of nitrogens with zero attached hydrogens (tertiary/aromatic N) is 3. The monoisotopic (exact) mass is 515 g/mol. The number of benzene rings is 1. The Morgan fingerprint density at radius 3 is 2.67 bits per heavy atom. The highest BCUT2D eigenvalue weighted by molar-refractivity contribution is 7.16. The third kappa shape index (κ3) is 6.52. The fourth-order valence-corrected chi connectivity index (χ4v) is 5.78. The maximum Gasteiger partial charge on any atom is 0.171 e. The van der Waals surface area contributed by atoms with Gasteiger partial charge in [-0.2, -0.15) is 0 Å². The highest BCUT2D eigenvalue weighted by Gasteiger charge is 2.40. The third-order valence-corrected chi connectivity index (χ3v) is 8.13. The molecule has 0 bridgehead atoms. The van der Waals surface area contributed by atoms with E-state index in [1.807, 2.05) is 32.9 Å². The predicted molar refractivity (Wildman–Crippen MR) is 143 cm³/mol. The van der Waals surface area contributed by atoms with Crippen LogP contribution in [-0.2, 0) is 16.0 Å². The van der Waals surface area contributed by atoms with Crippen molar-refractivity contribution in [3.63, 3.8) is 0 Å². The van der Waals surface area contributed by atoms with Crippen molar-refractivity contribution in [1.82, 2.24) is 9.88 Å². The third-order valence-electron chi connectivity index (χ3n) is 6.70. The Labute approximate surface area is 218 Å². The van der Waals surface area contributed by atoms with Gasteiger partial charge in [0.1, 0.15) is 16.5 Å². The smallest absolute Gasteiger partial charge is 0.171 e. The zero-order valence-corrected chi connectivity index (χ0v) is 22.9. The molecule has 2 aromatic rings. The van der Waals surface area contributed by atoms with Crippen molar-refractivity contribution in [3.05, 3.63) is 52.1 Å². The lowest BCUT2D eigenvalue weighted by Gasteiger charge is -2.47. The summed E-state index contributed by atoms with van der Waals surface area (Å²) < 4.78 is 26.3. The standard InChI is InChI=1S/C28H38FN3O3S/c1-20(2)25-30-24(18-33)26(36-25)32-13-15-35-28(19-32)9-11-31(12-10-28)17-21-6-7-23(29)22(16-21)8-14-34-27(3,4)5/h6-8,14,16,18,20H,9-13,15,17,19H2,1-5H3. The predicted octanol–water partition coefficient (Wildman–Crippen LogP) is 5.88. The summed E-state index contributed by atoms with van der Waals surface area (Å²) in [6.45, 7) is 14.9. The molecule has 0 atom stereocenters. The summed E-state index contributed by atoms with van der Waals surface area (Å²) in [5.74, 6) is 0.0494. The number of aromatic nitrogens is 1. The number of likely N-dealkylation sites (tertiary alicyclic amines) is 1. The Morgan fingerprint density at radius 2 is 2.00 bits per heavy atom. The molecule has 2 saturated heterocycles. The molecule has 0 unspecified atom stereocenters. The number of morpholine rings is 1. The Kier molecular flexibility index (Phi) is 8.17. The van der Waals surface area contributed by atoms with Crippen LogP contribution in [0.3, 0.4) is 0 Å². The molecule has 3 heterocycles. The number of rotatable bonds is 7. The summed E-state index contributed by atoms with van der Waals surface area (Å²) in [5.41, 5.74) is 1.64. The molecule has 6 nitrogen and oxygen atoms in total. The zero-order valence-electron chi connectivity index (χ0n) is 22.1. The number of thiazole rings is 1. The van der Waals surface area contributed by atoms with Crippen molar-refractivity contribution in [3.8, 4) is 0 Å². The van der Waals surface area contributed by atoms with Gasteiger partial charge in [-0.3, -0.25) is 9.69 Å². The molecule has 1 aromatic heterocycles. The second-order valence-electron chi connectivity index (χ2n) is 11.1. The average Bonchev–Trinajstić information content (AvgIpc) is 3.27. The molecule has 1 spiro atoms. The van der Waals surface area contributed by atoms with Gasteiger partial charge in [0.2, 0.25) is 0 Å². The summed E-state index contributed by atoms with van der Waals surface area (Å²) in [7, 11) is 0. The van der Waals surface area contributed by atoms with Crippen LogP contribution >= 0.6 is 11.3 Å². The van der Waals surface area contributed by atoms with Crippen molar-refractivity contribution >= 4 is 28.7 Å². The van der Waals surface area contributed by atoms with Crippen LogP contribution in [-0.4, -0.2) is 60.2 Å². The van der Waals surface area contributed by atoms with Gasteiger partial charge in [-0.1, -0.05) is 19.9 Å². The lowest BCUT2D eigenvalue weighted by molar-refractivity contribution is -0.0919. The van der Waals surface area contributed by atoms with Crippen LogP contribution in [0.1, 0.15) is 80.0 Å². The van der Waals surface area contributed by atoms with Crippen LogP contribution in [0.25, 0.3) is 6.08 Å². The first-order valence-electron chi connectivity index (χ1n) is 12.8. The number of ether oxygens (including phenoxy) is 2. The fraction of sp³-hybridized carbons (Fsp3) is 0.571. The van der Waals surface area contributed by atoms with Gasteiger partial charge in [0.15, 0.2) is 6.29 Å². The van der Waals surface area contributed by atoms with Gasteiger partial charge in [0.25, 0.3) is 0 Å². The van der Waals surface area contributed by atoms with Crippen LogP contribution in [0.2, 0.25) is 0 Å². The first-order valence-corrected chi connectivity index (χ1v) is 13.6. The summed E-state index contributed by atoms with van der Waals surface area (Å²) in [6.07, 6.45) is 5.98. The van der Waals surface area contributed by atoms with E-state index in [2.05, 4.69) is 28.6 Å². The maximum atomic E-state index is 14.3. The largest absolute Gasteiger partial charge is 0.496 e. The van der Waals surface area contributed by atoms with Crippen LogP contribution in [0.5, 0.6) is 0 Å². The van der Waals surface area contributed by atoms with Crippen molar-refractivity contribution in [2.45, 2.75) is 71.1 Å². The van der Waals surface area contributed by atoms with Crippen molar-refractivity contribution in [2.24, 2.45) is 0 Å². The minimum absolute atomic E-state index is 0.210. The van der Waals surface area contributed by atoms with Crippen LogP contribution < -0.4 is 4.90 Å². The van der Waals surface area contributed by atoms with E-state index in [9.17, 15) is 9.18 Å². The summed E-state index contributed by atoms with van der Waals surface area (Å²) in [6, 6.07) is 5.29. The normalized spacial score (nSPS) is 18.9. The van der Waals surface area contributed by atoms with Gasteiger partial charge in [-0.05, 0) is 57.4 Å². The molecule has 4 rings (SSSR count). The van der Waals surface area contributed by atoms with E-state index in [1.165, 1.54) is 6.07 Å². The molecule has 2 fully saturated rings. The molecule has 1 aromatic carbocycles. The molecule has 2 aliphatic rings. The van der Waals surface area contributed by atoms with Crippen molar-refractivity contribution < 1.29 is 18.7 Å². The average molecular weight is 516 g/mol. The Balaban J connectivity index is 1.38. The molecule has 0 amide bonds. The van der Waals surface area contributed by atoms with Gasteiger partial charge in [-0.15, -0.1) is 11.3 Å². The van der Waals surface area contributed by atoms with Crippen LogP contribution in [0, 0.1) is 5.82 Å². The van der Waals surface area contributed by atoms with E-state index in [4.69, 9.17) is 9.47 Å². The lowest BCUT2D eigenvalue weighted by Crippen LogP contribution is -2.56. The number of piperidine rings is 1. The molecular formula is C28H38FN3O3S. The summed E-state index contributed by atoms with van der Waals surface area (Å²) in [4.78, 5) is 20.9. The molecule has 2 aliphatic heterocycles. The van der Waals surface area contributed by atoms with E-state index in [1.54, 1.807) is 23.7 Å². The minimum atomic E-state index is -0.309. The summed E-state index contributed by atoms with van der Waals surface area (Å²) >= 11 is 1.63. The van der Waals surface area contributed by atoms with E-state index in [0.717, 1.165) is 67.4 Å². The highest BCUT2D eigenvalue weighted by Crippen LogP contribution is 2.37. The van der Waals surface area contributed by atoms with Gasteiger partial charge >= 0.3 is 0 Å². The molecule has 0 aliphatic carbocycles. The Morgan fingerprint density at radius 1 is 1.25 bits per heavy atom. The second-order valence-corrected chi connectivity index (χ2v) is 12.1. The van der Waals surface area contributed by atoms with E-state index in [-0.39, 0.29) is 17.0 Å². The molecule has 36 heavy (non-hydrogen) atoms. The van der Waals surface area contributed by atoms with Crippen molar-refractivity contribution in [2.75, 3.05) is 37.7 Å².